The minimum atomic E-state index is -3.74. The van der Waals surface area contributed by atoms with Gasteiger partial charge in [-0.1, -0.05) is 18.2 Å². The van der Waals surface area contributed by atoms with Crippen molar-refractivity contribution in [1.82, 2.24) is 15.0 Å². The zero-order chi connectivity index (χ0) is 22.6. The molecule has 180 valence electrons. The van der Waals surface area contributed by atoms with Gasteiger partial charge in [0.2, 0.25) is 16.3 Å². The Morgan fingerprint density at radius 2 is 1.91 bits per heavy atom. The first kappa shape index (κ1) is 26.3. The standard InChI is InChI=1S/C19H29N5O6S.ClH/c1-29-19(26)15(22-31(2,27)28)12-23-18(16(20)25)30-17(13-8-10-21-11-9-13)24(23)14-6-4-3-5-7-14;/h3-7,13,15,17-18,21-22H,8-12H2,1-2H3,(H2,20,25);1H. The van der Waals surface area contributed by atoms with Crippen LogP contribution in [0.1, 0.15) is 12.8 Å². The molecule has 0 spiro atoms. The summed E-state index contributed by atoms with van der Waals surface area (Å²) in [7, 11) is -2.57. The number of methoxy groups -OCH3 is 1. The molecule has 0 aromatic heterocycles. The van der Waals surface area contributed by atoms with Crippen LogP contribution in [-0.2, 0) is 29.1 Å². The number of para-hydroxylation sites is 1. The number of hydrazine groups is 1. The fraction of sp³-hybridized carbons (Fsp3) is 0.579. The molecule has 0 aliphatic carbocycles. The Bertz CT molecular complexity index is 883. The lowest BCUT2D eigenvalue weighted by molar-refractivity contribution is -0.145. The molecule has 0 radical (unpaired) electrons. The molecule has 13 heteroatoms. The molecule has 3 rings (SSSR count). The maximum atomic E-state index is 12.3. The van der Waals surface area contributed by atoms with E-state index < -0.39 is 40.4 Å². The molecular weight excluding hydrogens is 462 g/mol. The summed E-state index contributed by atoms with van der Waals surface area (Å²) >= 11 is 0. The molecule has 1 aromatic rings. The highest BCUT2D eigenvalue weighted by Crippen LogP contribution is 2.35. The lowest BCUT2D eigenvalue weighted by Crippen LogP contribution is -2.57. The van der Waals surface area contributed by atoms with Gasteiger partial charge < -0.3 is 20.5 Å². The number of hydrogen-bond acceptors (Lipinski definition) is 9. The topological polar surface area (TPSA) is 143 Å². The fourth-order valence-electron chi connectivity index (χ4n) is 3.98. The van der Waals surface area contributed by atoms with Crippen LogP contribution in [0.2, 0.25) is 0 Å². The van der Waals surface area contributed by atoms with Gasteiger partial charge in [0.05, 0.1) is 19.1 Å². The number of hydrogen-bond donors (Lipinski definition) is 3. The van der Waals surface area contributed by atoms with E-state index in [1.807, 2.05) is 30.3 Å². The molecule has 1 aromatic carbocycles. The minimum absolute atomic E-state index is 0. The number of rotatable bonds is 8. The van der Waals surface area contributed by atoms with Crippen LogP contribution in [0.5, 0.6) is 0 Å². The number of piperidine rings is 1. The van der Waals surface area contributed by atoms with E-state index >= 15 is 0 Å². The Morgan fingerprint density at radius 1 is 1.28 bits per heavy atom. The Hall–Kier alpha value is -1.96. The van der Waals surface area contributed by atoms with Crippen LogP contribution in [0.15, 0.2) is 30.3 Å². The van der Waals surface area contributed by atoms with Gasteiger partial charge in [-0.25, -0.2) is 8.42 Å². The molecule has 2 saturated heterocycles. The summed E-state index contributed by atoms with van der Waals surface area (Å²) in [4.78, 5) is 24.6. The molecule has 3 atom stereocenters. The Labute approximate surface area is 194 Å². The smallest absolute Gasteiger partial charge is 0.325 e. The van der Waals surface area contributed by atoms with Gasteiger partial charge in [-0.2, -0.15) is 9.73 Å². The van der Waals surface area contributed by atoms with E-state index in [9.17, 15) is 18.0 Å². The van der Waals surface area contributed by atoms with E-state index in [1.165, 1.54) is 5.01 Å². The Balaban J connectivity index is 0.00000363. The van der Waals surface area contributed by atoms with Crippen molar-refractivity contribution in [2.45, 2.75) is 31.3 Å². The van der Waals surface area contributed by atoms with Crippen LogP contribution in [0.3, 0.4) is 0 Å². The van der Waals surface area contributed by atoms with Crippen molar-refractivity contribution in [3.05, 3.63) is 30.3 Å². The normalized spacial score (nSPS) is 23.4. The van der Waals surface area contributed by atoms with Gasteiger partial charge in [-0.15, -0.1) is 12.4 Å². The average molecular weight is 492 g/mol. The van der Waals surface area contributed by atoms with Gasteiger partial charge in [0.1, 0.15) is 12.3 Å². The van der Waals surface area contributed by atoms with Crippen molar-refractivity contribution in [3.63, 3.8) is 0 Å². The first-order chi connectivity index (χ1) is 14.7. The van der Waals surface area contributed by atoms with Crippen molar-refractivity contribution in [3.8, 4) is 0 Å². The highest BCUT2D eigenvalue weighted by Gasteiger charge is 2.48. The van der Waals surface area contributed by atoms with Gasteiger partial charge in [-0.05, 0) is 38.1 Å². The number of carbonyl (C=O) groups excluding carboxylic acids is 2. The number of nitrogens with zero attached hydrogens (tertiary/aromatic N) is 2. The molecular formula is C19H30ClN5O6S. The zero-order valence-corrected chi connectivity index (χ0v) is 19.6. The number of benzene rings is 1. The third-order valence-corrected chi connectivity index (χ3v) is 6.03. The van der Waals surface area contributed by atoms with Crippen molar-refractivity contribution in [2.75, 3.05) is 38.0 Å². The fourth-order valence-corrected chi connectivity index (χ4v) is 4.67. The molecule has 3 unspecified atom stereocenters. The van der Waals surface area contributed by atoms with Crippen LogP contribution < -0.4 is 20.8 Å². The highest BCUT2D eigenvalue weighted by atomic mass is 35.5. The zero-order valence-electron chi connectivity index (χ0n) is 18.0. The minimum Gasteiger partial charge on any atom is -0.468 e. The Kier molecular flexibility index (Phi) is 9.25. The summed E-state index contributed by atoms with van der Waals surface area (Å²) in [5, 5.41) is 6.60. The number of primary amides is 1. The maximum Gasteiger partial charge on any atom is 0.325 e. The summed E-state index contributed by atoms with van der Waals surface area (Å²) in [5.41, 5.74) is 6.37. The number of carbonyl (C=O) groups is 2. The van der Waals surface area contributed by atoms with Crippen molar-refractivity contribution in [2.24, 2.45) is 11.7 Å². The summed E-state index contributed by atoms with van der Waals surface area (Å²) in [5.74, 6) is -1.42. The summed E-state index contributed by atoms with van der Waals surface area (Å²) in [6, 6.07) is 7.99. The van der Waals surface area contributed by atoms with Gasteiger partial charge >= 0.3 is 5.97 Å². The quantitative estimate of drug-likeness (QED) is 0.405. The number of amides is 1. The van der Waals surface area contributed by atoms with Crippen LogP contribution in [-0.4, -0.2) is 76.8 Å². The predicted molar refractivity (Wildman–Crippen MR) is 120 cm³/mol. The average Bonchev–Trinajstić information content (AvgIpc) is 3.12. The molecule has 2 aliphatic rings. The number of sulfonamides is 1. The molecule has 0 bridgehead atoms. The molecule has 2 aliphatic heterocycles. The van der Waals surface area contributed by atoms with Crippen LogP contribution in [0.25, 0.3) is 0 Å². The van der Waals surface area contributed by atoms with Crippen molar-refractivity contribution >= 4 is 40.0 Å². The van der Waals surface area contributed by atoms with E-state index in [4.69, 9.17) is 15.2 Å². The number of anilines is 1. The number of nitrogens with one attached hydrogen (secondary N) is 2. The predicted octanol–water partition coefficient (Wildman–Crippen LogP) is -0.610. The number of ether oxygens (including phenoxy) is 2. The van der Waals surface area contributed by atoms with Gasteiger partial charge in [0, 0.05) is 12.5 Å². The second-order valence-corrected chi connectivity index (χ2v) is 9.42. The van der Waals surface area contributed by atoms with E-state index in [0.29, 0.717) is 0 Å². The molecule has 2 heterocycles. The number of nitrogens with two attached hydrogens (primary N) is 1. The monoisotopic (exact) mass is 491 g/mol. The highest BCUT2D eigenvalue weighted by molar-refractivity contribution is 7.88. The third kappa shape index (κ3) is 6.30. The summed E-state index contributed by atoms with van der Waals surface area (Å²) < 4.78 is 36.8. The first-order valence-electron chi connectivity index (χ1n) is 10.0. The van der Waals surface area contributed by atoms with Crippen LogP contribution in [0.4, 0.5) is 5.69 Å². The van der Waals surface area contributed by atoms with Crippen molar-refractivity contribution in [1.29, 1.82) is 0 Å². The SMILES string of the molecule is COC(=O)C(CN1C(C(N)=O)OC(C2CCNCC2)N1c1ccccc1)NS(C)(=O)=O.Cl. The lowest BCUT2D eigenvalue weighted by atomic mass is 9.95. The second kappa shape index (κ2) is 11.3. The van der Waals surface area contributed by atoms with Crippen LogP contribution >= 0.6 is 12.4 Å². The largest absolute Gasteiger partial charge is 0.468 e. The summed E-state index contributed by atoms with van der Waals surface area (Å²) in [6.45, 7) is 1.42. The van der Waals surface area contributed by atoms with Gasteiger partial charge in [0.25, 0.3) is 5.91 Å². The second-order valence-electron chi connectivity index (χ2n) is 7.64. The van der Waals surface area contributed by atoms with Crippen LogP contribution in [0, 0.1) is 5.92 Å². The van der Waals surface area contributed by atoms with E-state index in [1.54, 1.807) is 5.01 Å². The lowest BCUT2D eigenvalue weighted by Gasteiger charge is -2.38. The van der Waals surface area contributed by atoms with E-state index in [2.05, 4.69) is 10.0 Å². The van der Waals surface area contributed by atoms with Crippen molar-refractivity contribution < 1.29 is 27.5 Å². The molecule has 32 heavy (non-hydrogen) atoms. The molecule has 4 N–H and O–H groups in total. The number of halogens is 1. The van der Waals surface area contributed by atoms with E-state index in [-0.39, 0.29) is 24.9 Å². The third-order valence-electron chi connectivity index (χ3n) is 5.32. The summed E-state index contributed by atoms with van der Waals surface area (Å²) in [6.07, 6.45) is 0.930. The molecule has 1 amide bonds. The maximum absolute atomic E-state index is 12.3. The van der Waals surface area contributed by atoms with Gasteiger partial charge in [-0.3, -0.25) is 14.6 Å². The van der Waals surface area contributed by atoms with E-state index in [0.717, 1.165) is 45.0 Å². The first-order valence-corrected chi connectivity index (χ1v) is 11.9. The molecule has 0 saturated carbocycles. The Morgan fingerprint density at radius 3 is 2.44 bits per heavy atom. The molecule has 2 fully saturated rings. The molecule has 11 nitrogen and oxygen atoms in total. The van der Waals surface area contributed by atoms with Gasteiger partial charge in [0.15, 0.2) is 0 Å². The number of esters is 1.